The predicted molar refractivity (Wildman–Crippen MR) is 112 cm³/mol. The van der Waals surface area contributed by atoms with E-state index in [1.165, 1.54) is 17.3 Å². The Morgan fingerprint density at radius 3 is 2.52 bits per heavy atom. The average Bonchev–Trinajstić information content (AvgIpc) is 3.01. The molecule has 8 heteroatoms. The first-order valence-electron chi connectivity index (χ1n) is 8.20. The van der Waals surface area contributed by atoms with Crippen LogP contribution >= 0.6 is 35.0 Å². The molecule has 140 valence electrons. The summed E-state index contributed by atoms with van der Waals surface area (Å²) in [5.41, 5.74) is 3.44. The van der Waals surface area contributed by atoms with Crippen molar-refractivity contribution in [3.63, 3.8) is 0 Å². The number of rotatable bonds is 5. The summed E-state index contributed by atoms with van der Waals surface area (Å²) in [6.45, 7) is 3.89. The number of nitrogens with zero attached hydrogens (tertiary/aromatic N) is 3. The van der Waals surface area contributed by atoms with Crippen LogP contribution in [0.4, 0.5) is 5.69 Å². The number of hydrogen-bond acceptors (Lipinski definition) is 4. The largest absolute Gasteiger partial charge is 0.323 e. The van der Waals surface area contributed by atoms with Gasteiger partial charge in [-0.05, 0) is 25.5 Å². The molecule has 1 amide bonds. The molecule has 0 unspecified atom stereocenters. The summed E-state index contributed by atoms with van der Waals surface area (Å²) < 4.78 is 1.87. The van der Waals surface area contributed by atoms with E-state index in [4.69, 9.17) is 23.2 Å². The van der Waals surface area contributed by atoms with Crippen LogP contribution in [0.1, 0.15) is 11.1 Å². The minimum absolute atomic E-state index is 0.167. The van der Waals surface area contributed by atoms with Crippen molar-refractivity contribution >= 4 is 46.6 Å². The Balaban J connectivity index is 1.68. The van der Waals surface area contributed by atoms with E-state index in [0.29, 0.717) is 20.9 Å². The SMILES string of the molecule is Cc1ccc(-c2nnc(SCC(=O)Nc3c(Cl)ccc(C)c3Cl)n2C)cc1. The average molecular weight is 421 g/mol. The molecular weight excluding hydrogens is 403 g/mol. The molecule has 0 saturated heterocycles. The molecule has 3 rings (SSSR count). The molecule has 0 aliphatic heterocycles. The van der Waals surface area contributed by atoms with Crippen molar-refractivity contribution in [2.75, 3.05) is 11.1 Å². The Labute approximate surface area is 172 Å². The number of halogens is 2. The lowest BCUT2D eigenvalue weighted by atomic mass is 10.1. The van der Waals surface area contributed by atoms with Crippen LogP contribution in [-0.2, 0) is 11.8 Å². The molecule has 1 N–H and O–H groups in total. The van der Waals surface area contributed by atoms with Crippen molar-refractivity contribution in [3.8, 4) is 11.4 Å². The minimum atomic E-state index is -0.214. The summed E-state index contributed by atoms with van der Waals surface area (Å²) in [7, 11) is 1.88. The molecule has 27 heavy (non-hydrogen) atoms. The van der Waals surface area contributed by atoms with E-state index < -0.39 is 0 Å². The van der Waals surface area contributed by atoms with E-state index in [1.807, 2.05) is 49.7 Å². The van der Waals surface area contributed by atoms with Gasteiger partial charge in [0, 0.05) is 12.6 Å². The first-order chi connectivity index (χ1) is 12.9. The lowest BCUT2D eigenvalue weighted by Crippen LogP contribution is -2.15. The monoisotopic (exact) mass is 420 g/mol. The second-order valence-electron chi connectivity index (χ2n) is 6.12. The van der Waals surface area contributed by atoms with Crippen LogP contribution in [0.15, 0.2) is 41.6 Å². The van der Waals surface area contributed by atoms with Crippen LogP contribution in [0.3, 0.4) is 0 Å². The minimum Gasteiger partial charge on any atom is -0.323 e. The van der Waals surface area contributed by atoms with E-state index >= 15 is 0 Å². The molecule has 0 atom stereocenters. The van der Waals surface area contributed by atoms with Gasteiger partial charge < -0.3 is 9.88 Å². The normalized spacial score (nSPS) is 10.9. The lowest BCUT2D eigenvalue weighted by Gasteiger charge is -2.11. The van der Waals surface area contributed by atoms with Gasteiger partial charge in [-0.1, -0.05) is 70.9 Å². The zero-order chi connectivity index (χ0) is 19.6. The Morgan fingerprint density at radius 2 is 1.81 bits per heavy atom. The summed E-state index contributed by atoms with van der Waals surface area (Å²) in [5, 5.41) is 12.7. The van der Waals surface area contributed by atoms with E-state index in [1.54, 1.807) is 12.1 Å². The number of thioether (sulfide) groups is 1. The van der Waals surface area contributed by atoms with Gasteiger partial charge in [0.15, 0.2) is 11.0 Å². The molecular formula is C19H18Cl2N4OS. The number of amides is 1. The highest BCUT2D eigenvalue weighted by Gasteiger charge is 2.15. The highest BCUT2D eigenvalue weighted by Crippen LogP contribution is 2.33. The number of anilines is 1. The molecule has 0 aliphatic carbocycles. The van der Waals surface area contributed by atoms with Crippen molar-refractivity contribution in [1.82, 2.24) is 14.8 Å². The summed E-state index contributed by atoms with van der Waals surface area (Å²) in [6, 6.07) is 11.6. The van der Waals surface area contributed by atoms with Gasteiger partial charge in [0.25, 0.3) is 0 Å². The van der Waals surface area contributed by atoms with E-state index in [0.717, 1.165) is 17.0 Å². The van der Waals surface area contributed by atoms with Gasteiger partial charge in [-0.2, -0.15) is 0 Å². The van der Waals surface area contributed by atoms with Crippen molar-refractivity contribution in [3.05, 3.63) is 57.6 Å². The molecule has 3 aromatic rings. The number of carbonyl (C=O) groups is 1. The Hall–Kier alpha value is -2.02. The smallest absolute Gasteiger partial charge is 0.234 e. The molecule has 0 aliphatic rings. The van der Waals surface area contributed by atoms with Crippen LogP contribution in [-0.4, -0.2) is 26.4 Å². The number of nitrogens with one attached hydrogen (secondary N) is 1. The van der Waals surface area contributed by atoms with Gasteiger partial charge in [-0.15, -0.1) is 10.2 Å². The first kappa shape index (κ1) is 19.7. The van der Waals surface area contributed by atoms with Crippen LogP contribution in [0.2, 0.25) is 10.0 Å². The molecule has 0 fully saturated rings. The number of hydrogen-bond donors (Lipinski definition) is 1. The maximum absolute atomic E-state index is 12.3. The van der Waals surface area contributed by atoms with E-state index in [2.05, 4.69) is 15.5 Å². The molecule has 0 saturated carbocycles. The Morgan fingerprint density at radius 1 is 1.11 bits per heavy atom. The van der Waals surface area contributed by atoms with E-state index in [9.17, 15) is 4.79 Å². The van der Waals surface area contributed by atoms with Gasteiger partial charge in [0.2, 0.25) is 5.91 Å². The second kappa shape index (κ2) is 8.33. The third-order valence-corrected chi connectivity index (χ3v) is 5.85. The number of aryl methyl sites for hydroxylation is 2. The molecule has 0 radical (unpaired) electrons. The second-order valence-corrected chi connectivity index (χ2v) is 7.85. The quantitative estimate of drug-likeness (QED) is 0.580. The van der Waals surface area contributed by atoms with Crippen LogP contribution in [0.25, 0.3) is 11.4 Å². The molecule has 1 aromatic heterocycles. The summed E-state index contributed by atoms with van der Waals surface area (Å²) >= 11 is 13.7. The zero-order valence-corrected chi connectivity index (χ0v) is 17.4. The fourth-order valence-corrected chi connectivity index (χ4v) is 3.65. The Bertz CT molecular complexity index is 986. The molecule has 2 aromatic carbocycles. The van der Waals surface area contributed by atoms with Crippen molar-refractivity contribution < 1.29 is 4.79 Å². The third kappa shape index (κ3) is 4.46. The highest BCUT2D eigenvalue weighted by molar-refractivity contribution is 7.99. The fraction of sp³-hybridized carbons (Fsp3) is 0.211. The standard InChI is InChI=1S/C19H18Cl2N4OS/c1-11-4-7-13(8-5-11)18-23-24-19(25(18)3)27-10-15(26)22-17-14(20)9-6-12(2)16(17)21/h4-9H,10H2,1-3H3,(H,22,26). The number of benzene rings is 2. The van der Waals surface area contributed by atoms with Gasteiger partial charge in [0.1, 0.15) is 0 Å². The number of aromatic nitrogens is 3. The molecule has 0 bridgehead atoms. The van der Waals surface area contributed by atoms with Crippen molar-refractivity contribution in [2.24, 2.45) is 7.05 Å². The highest BCUT2D eigenvalue weighted by atomic mass is 35.5. The van der Waals surface area contributed by atoms with Gasteiger partial charge in [-0.25, -0.2) is 0 Å². The first-order valence-corrected chi connectivity index (χ1v) is 9.94. The topological polar surface area (TPSA) is 59.8 Å². The van der Waals surface area contributed by atoms with Crippen LogP contribution in [0, 0.1) is 13.8 Å². The maximum Gasteiger partial charge on any atom is 0.234 e. The third-order valence-electron chi connectivity index (χ3n) is 4.03. The summed E-state index contributed by atoms with van der Waals surface area (Å²) in [5.74, 6) is 0.706. The van der Waals surface area contributed by atoms with Crippen LogP contribution < -0.4 is 5.32 Å². The molecule has 1 heterocycles. The molecule has 5 nitrogen and oxygen atoms in total. The zero-order valence-electron chi connectivity index (χ0n) is 15.1. The fourth-order valence-electron chi connectivity index (χ4n) is 2.47. The van der Waals surface area contributed by atoms with Crippen molar-refractivity contribution in [1.29, 1.82) is 0 Å². The summed E-state index contributed by atoms with van der Waals surface area (Å²) in [6.07, 6.45) is 0. The van der Waals surface area contributed by atoms with Gasteiger partial charge in [-0.3, -0.25) is 4.79 Å². The lowest BCUT2D eigenvalue weighted by molar-refractivity contribution is -0.113. The van der Waals surface area contributed by atoms with Crippen molar-refractivity contribution in [2.45, 2.75) is 19.0 Å². The van der Waals surface area contributed by atoms with Gasteiger partial charge in [0.05, 0.1) is 21.5 Å². The van der Waals surface area contributed by atoms with E-state index in [-0.39, 0.29) is 11.7 Å². The Kier molecular flexibility index (Phi) is 6.09. The maximum atomic E-state index is 12.3. The van der Waals surface area contributed by atoms with Crippen LogP contribution in [0.5, 0.6) is 0 Å². The molecule has 0 spiro atoms. The number of carbonyl (C=O) groups excluding carboxylic acids is 1. The van der Waals surface area contributed by atoms with Gasteiger partial charge >= 0.3 is 0 Å². The summed E-state index contributed by atoms with van der Waals surface area (Å²) in [4.78, 5) is 12.3. The predicted octanol–water partition coefficient (Wildman–Crippen LogP) is 5.14.